The molecule has 0 spiro atoms. The molecule has 14 heteroatoms. The molecule has 0 saturated carbocycles. The van der Waals surface area contributed by atoms with Crippen LogP contribution in [0.1, 0.15) is 139 Å². The van der Waals surface area contributed by atoms with Gasteiger partial charge in [-0.2, -0.15) is 0 Å². The molecule has 4 heterocycles. The highest BCUT2D eigenvalue weighted by atomic mass is 16.6. The van der Waals surface area contributed by atoms with Crippen LogP contribution in [0.3, 0.4) is 0 Å². The molecule has 0 aliphatic heterocycles. The Labute approximate surface area is 421 Å². The van der Waals surface area contributed by atoms with Gasteiger partial charge < -0.3 is 20.5 Å². The van der Waals surface area contributed by atoms with E-state index in [1.807, 2.05) is 105 Å². The number of ketones is 2. The molecule has 1 aromatic carbocycles. The Kier molecular flexibility index (Phi) is 23.4. The SMILES string of the molecule is CCCCC[C@H](N)C(=O)C[C@@H](CC(=O)OC(C)(C)C)C(=O)N[C@@H](CC)C(=O)CCCCCOc1cc(CN(Cc2ccccn2)Cc2ccccn2)cc(CN(Cc2ccccn2)Cc2ccccn2)c1. The zero-order valence-electron chi connectivity index (χ0n) is 42.6. The summed E-state index contributed by atoms with van der Waals surface area (Å²) < 4.78 is 12.0. The van der Waals surface area contributed by atoms with Gasteiger partial charge in [-0.3, -0.25) is 48.9 Å². The quantitative estimate of drug-likeness (QED) is 0.0308. The molecule has 3 N–H and O–H groups in total. The largest absolute Gasteiger partial charge is 0.494 e. The van der Waals surface area contributed by atoms with Crippen molar-refractivity contribution in [3.63, 3.8) is 0 Å². The number of pyridine rings is 4. The molecule has 0 aliphatic carbocycles. The molecule has 0 aliphatic rings. The summed E-state index contributed by atoms with van der Waals surface area (Å²) in [6, 6.07) is 28.9. The Hall–Kier alpha value is -6.22. The number of rotatable bonds is 32. The fraction of sp³-hybridized carbons (Fsp3) is 0.474. The first-order valence-electron chi connectivity index (χ1n) is 25.4. The minimum absolute atomic E-state index is 0.0976. The van der Waals surface area contributed by atoms with Crippen LogP contribution in [0.2, 0.25) is 0 Å². The average Bonchev–Trinajstić information content (AvgIpc) is 3.34. The van der Waals surface area contributed by atoms with Crippen LogP contribution in [-0.4, -0.2) is 77.5 Å². The van der Waals surface area contributed by atoms with Crippen molar-refractivity contribution in [2.75, 3.05) is 6.61 Å². The van der Waals surface area contributed by atoms with Crippen molar-refractivity contribution < 1.29 is 28.7 Å². The Morgan fingerprint density at radius 2 is 1.13 bits per heavy atom. The van der Waals surface area contributed by atoms with Crippen LogP contribution < -0.4 is 15.8 Å². The van der Waals surface area contributed by atoms with E-state index in [4.69, 9.17) is 15.2 Å². The maximum atomic E-state index is 13.7. The van der Waals surface area contributed by atoms with Crippen LogP contribution in [0.15, 0.2) is 116 Å². The third-order valence-corrected chi connectivity index (χ3v) is 11.9. The molecular formula is C57H76N8O6. The standard InChI is InChI=1S/C57H76N8O6/c1-6-8-10-25-51(58)54(67)35-45(36-55(68)71-57(3,4)5)56(69)63-52(7-2)53(66)26-11-9-20-31-70-50-33-43(37-64(39-46-21-12-16-27-59-46)40-47-22-13-17-28-60-47)32-44(34-50)38-65(41-48-23-14-18-29-61-48)42-49-24-15-19-30-62-49/h12-19,21-24,27-30,32-34,45,51-52H,6-11,20,25-26,31,35-42,58H2,1-5H3,(H,63,69)/t45-,51-,52-/m0/s1. The van der Waals surface area contributed by atoms with Crippen LogP contribution in [0.5, 0.6) is 5.75 Å². The third-order valence-electron chi connectivity index (χ3n) is 11.9. The van der Waals surface area contributed by atoms with Gasteiger partial charge >= 0.3 is 5.97 Å². The molecule has 5 aromatic rings. The highest BCUT2D eigenvalue weighted by Crippen LogP contribution is 2.24. The van der Waals surface area contributed by atoms with Crippen molar-refractivity contribution in [2.45, 2.75) is 162 Å². The molecule has 3 atom stereocenters. The monoisotopic (exact) mass is 969 g/mol. The third kappa shape index (κ3) is 21.4. The molecule has 0 bridgehead atoms. The van der Waals surface area contributed by atoms with Gasteiger partial charge in [0.05, 0.1) is 53.8 Å². The van der Waals surface area contributed by atoms with Gasteiger partial charge in [0.25, 0.3) is 0 Å². The molecule has 5 rings (SSSR count). The Balaban J connectivity index is 1.24. The number of hydrogen-bond acceptors (Lipinski definition) is 13. The van der Waals surface area contributed by atoms with Crippen LogP contribution in [0, 0.1) is 5.92 Å². The van der Waals surface area contributed by atoms with Gasteiger partial charge in [0.15, 0.2) is 5.78 Å². The summed E-state index contributed by atoms with van der Waals surface area (Å²) >= 11 is 0. The highest BCUT2D eigenvalue weighted by molar-refractivity contribution is 5.94. The molecule has 14 nitrogen and oxygen atoms in total. The molecule has 380 valence electrons. The minimum Gasteiger partial charge on any atom is -0.494 e. The second-order valence-electron chi connectivity index (χ2n) is 19.4. The minimum atomic E-state index is -0.998. The van der Waals surface area contributed by atoms with E-state index in [0.29, 0.717) is 71.6 Å². The van der Waals surface area contributed by atoms with E-state index < -0.39 is 35.5 Å². The number of carbonyl (C=O) groups is 4. The van der Waals surface area contributed by atoms with Crippen LogP contribution in [0.4, 0.5) is 0 Å². The van der Waals surface area contributed by atoms with Crippen molar-refractivity contribution >= 4 is 23.4 Å². The number of nitrogens with zero attached hydrogens (tertiary/aromatic N) is 6. The average molecular weight is 969 g/mol. The molecular weight excluding hydrogens is 893 g/mol. The van der Waals surface area contributed by atoms with Crippen molar-refractivity contribution in [1.29, 1.82) is 0 Å². The summed E-state index contributed by atoms with van der Waals surface area (Å²) in [5.41, 5.74) is 11.5. The summed E-state index contributed by atoms with van der Waals surface area (Å²) in [5, 5.41) is 2.86. The lowest BCUT2D eigenvalue weighted by Gasteiger charge is -2.25. The van der Waals surface area contributed by atoms with Gasteiger partial charge in [0.2, 0.25) is 5.91 Å². The van der Waals surface area contributed by atoms with E-state index in [2.05, 4.69) is 60.2 Å². The normalized spacial score (nSPS) is 12.8. The number of aromatic nitrogens is 4. The predicted octanol–water partition coefficient (Wildman–Crippen LogP) is 9.29. The Morgan fingerprint density at radius 1 is 0.620 bits per heavy atom. The number of unbranched alkanes of at least 4 members (excludes halogenated alkanes) is 4. The Morgan fingerprint density at radius 3 is 1.56 bits per heavy atom. The van der Waals surface area contributed by atoms with E-state index in [9.17, 15) is 19.2 Å². The lowest BCUT2D eigenvalue weighted by molar-refractivity contribution is -0.157. The molecule has 1 amide bonds. The van der Waals surface area contributed by atoms with E-state index in [1.54, 1.807) is 20.8 Å². The van der Waals surface area contributed by atoms with Crippen LogP contribution >= 0.6 is 0 Å². The lowest BCUT2D eigenvalue weighted by Crippen LogP contribution is -2.45. The number of carbonyl (C=O) groups excluding carboxylic acids is 4. The number of hydrogen-bond donors (Lipinski definition) is 2. The maximum absolute atomic E-state index is 13.7. The fourth-order valence-corrected chi connectivity index (χ4v) is 8.38. The highest BCUT2D eigenvalue weighted by Gasteiger charge is 2.31. The molecule has 0 fully saturated rings. The van der Waals surface area contributed by atoms with E-state index >= 15 is 0 Å². The van der Waals surface area contributed by atoms with E-state index in [-0.39, 0.29) is 30.8 Å². The molecule has 0 saturated heterocycles. The van der Waals surface area contributed by atoms with Crippen LogP contribution in [0.25, 0.3) is 0 Å². The van der Waals surface area contributed by atoms with Gasteiger partial charge in [0, 0.05) is 76.9 Å². The van der Waals surface area contributed by atoms with E-state index in [0.717, 1.165) is 65.3 Å². The van der Waals surface area contributed by atoms with Crippen molar-refractivity contribution in [1.82, 2.24) is 35.1 Å². The smallest absolute Gasteiger partial charge is 0.307 e. The fourth-order valence-electron chi connectivity index (χ4n) is 8.38. The second-order valence-corrected chi connectivity index (χ2v) is 19.4. The number of nitrogens with one attached hydrogen (secondary N) is 1. The van der Waals surface area contributed by atoms with Crippen molar-refractivity contribution in [3.05, 3.63) is 150 Å². The predicted molar refractivity (Wildman–Crippen MR) is 276 cm³/mol. The van der Waals surface area contributed by atoms with Gasteiger partial charge in [-0.05, 0) is 125 Å². The first-order chi connectivity index (χ1) is 34.3. The van der Waals surface area contributed by atoms with E-state index in [1.165, 1.54) is 0 Å². The number of amides is 1. The summed E-state index contributed by atoms with van der Waals surface area (Å²) in [6.45, 7) is 13.4. The number of benzene rings is 1. The number of esters is 1. The van der Waals surface area contributed by atoms with Gasteiger partial charge in [-0.25, -0.2) is 0 Å². The number of Topliss-reactive ketones (excluding diaryl/α,β-unsaturated/α-hetero) is 2. The lowest BCUT2D eigenvalue weighted by atomic mass is 9.92. The van der Waals surface area contributed by atoms with Crippen molar-refractivity contribution in [2.24, 2.45) is 11.7 Å². The summed E-state index contributed by atoms with van der Waals surface area (Å²) in [6.07, 6.45) is 12.8. The number of nitrogens with two attached hydrogens (primary N) is 1. The number of ether oxygens (including phenoxy) is 2. The van der Waals surface area contributed by atoms with Gasteiger partial charge in [-0.1, -0.05) is 63.4 Å². The summed E-state index contributed by atoms with van der Waals surface area (Å²) in [5.74, 6) is -1.72. The zero-order valence-corrected chi connectivity index (χ0v) is 42.6. The topological polar surface area (TPSA) is 183 Å². The first kappa shape index (κ1) is 55.7. The molecule has 4 aromatic heterocycles. The zero-order chi connectivity index (χ0) is 50.9. The van der Waals surface area contributed by atoms with Crippen LogP contribution in [-0.2, 0) is 63.2 Å². The first-order valence-corrected chi connectivity index (χ1v) is 25.4. The summed E-state index contributed by atoms with van der Waals surface area (Å²) in [4.78, 5) is 76.4. The van der Waals surface area contributed by atoms with Gasteiger partial charge in [0.1, 0.15) is 17.1 Å². The van der Waals surface area contributed by atoms with Gasteiger partial charge in [-0.15, -0.1) is 0 Å². The molecule has 71 heavy (non-hydrogen) atoms. The molecule has 0 unspecified atom stereocenters. The summed E-state index contributed by atoms with van der Waals surface area (Å²) in [7, 11) is 0. The maximum Gasteiger partial charge on any atom is 0.307 e. The molecule has 0 radical (unpaired) electrons. The van der Waals surface area contributed by atoms with Crippen molar-refractivity contribution in [3.8, 4) is 5.75 Å². The Bertz CT molecular complexity index is 2160. The second kappa shape index (κ2) is 29.8.